The highest BCUT2D eigenvalue weighted by atomic mass is 16.1. The van der Waals surface area contributed by atoms with Gasteiger partial charge in [-0.25, -0.2) is 0 Å². The second-order valence-electron chi connectivity index (χ2n) is 5.29. The zero-order chi connectivity index (χ0) is 14.2. The molecule has 0 atom stereocenters. The minimum absolute atomic E-state index is 0.747. The van der Waals surface area contributed by atoms with Crippen molar-refractivity contribution in [2.45, 2.75) is 6.54 Å². The van der Waals surface area contributed by atoms with E-state index in [2.05, 4.69) is 22.9 Å². The molecule has 4 rings (SSSR count). The Morgan fingerprint density at radius 2 is 1.71 bits per heavy atom. The Morgan fingerprint density at radius 1 is 0.905 bits per heavy atom. The summed E-state index contributed by atoms with van der Waals surface area (Å²) in [6.45, 7) is 0.866. The van der Waals surface area contributed by atoms with Crippen LogP contribution >= 0.6 is 0 Å². The maximum Gasteiger partial charge on any atom is 0.213 e. The lowest BCUT2D eigenvalue weighted by molar-refractivity contribution is -0.672. The van der Waals surface area contributed by atoms with E-state index >= 15 is 0 Å². The Morgan fingerprint density at radius 3 is 2.52 bits per heavy atom. The summed E-state index contributed by atoms with van der Waals surface area (Å²) < 4.78 is 2.22. The van der Waals surface area contributed by atoms with E-state index in [0.717, 1.165) is 35.1 Å². The van der Waals surface area contributed by atoms with Crippen LogP contribution in [0.4, 0.5) is 0 Å². The SMILES string of the molecule is O=Cc1cc2c(cc1-c1ccccc1)C[n+]1ccccc1-2. The second-order valence-corrected chi connectivity index (χ2v) is 5.29. The minimum Gasteiger partial charge on any atom is -0.298 e. The van der Waals surface area contributed by atoms with Gasteiger partial charge in [0, 0.05) is 23.3 Å². The molecule has 1 aliphatic heterocycles. The summed E-state index contributed by atoms with van der Waals surface area (Å²) in [5.74, 6) is 0. The highest BCUT2D eigenvalue weighted by Crippen LogP contribution is 2.33. The molecule has 2 nitrogen and oxygen atoms in total. The van der Waals surface area contributed by atoms with Gasteiger partial charge in [-0.1, -0.05) is 30.3 Å². The Bertz CT molecular complexity index is 837. The number of carbonyl (C=O) groups excluding carboxylic acids is 1. The molecule has 2 aromatic carbocycles. The highest BCUT2D eigenvalue weighted by molar-refractivity contribution is 5.90. The summed E-state index contributed by atoms with van der Waals surface area (Å²) in [7, 11) is 0. The molecule has 0 N–H and O–H groups in total. The van der Waals surface area contributed by atoms with Gasteiger partial charge in [-0.15, -0.1) is 0 Å². The van der Waals surface area contributed by atoms with E-state index in [1.165, 1.54) is 11.3 Å². The molecular weight excluding hydrogens is 258 g/mol. The van der Waals surface area contributed by atoms with Crippen molar-refractivity contribution in [3.8, 4) is 22.4 Å². The van der Waals surface area contributed by atoms with Gasteiger partial charge in [0.25, 0.3) is 0 Å². The van der Waals surface area contributed by atoms with Gasteiger partial charge in [0.1, 0.15) is 0 Å². The second kappa shape index (κ2) is 4.67. The first-order valence-corrected chi connectivity index (χ1v) is 7.03. The maximum absolute atomic E-state index is 11.5. The number of carbonyl (C=O) groups is 1. The Hall–Kier alpha value is -2.74. The first kappa shape index (κ1) is 12.0. The lowest BCUT2D eigenvalue weighted by Crippen LogP contribution is -2.31. The van der Waals surface area contributed by atoms with Crippen LogP contribution in [0.3, 0.4) is 0 Å². The topological polar surface area (TPSA) is 20.9 Å². The van der Waals surface area contributed by atoms with Crippen LogP contribution in [0, 0.1) is 0 Å². The largest absolute Gasteiger partial charge is 0.298 e. The monoisotopic (exact) mass is 272 g/mol. The van der Waals surface area contributed by atoms with Gasteiger partial charge in [0.2, 0.25) is 5.69 Å². The average Bonchev–Trinajstić information content (AvgIpc) is 2.92. The molecule has 0 fully saturated rings. The molecule has 100 valence electrons. The number of rotatable bonds is 2. The van der Waals surface area contributed by atoms with Crippen molar-refractivity contribution in [3.05, 3.63) is 78.0 Å². The summed E-state index contributed by atoms with van der Waals surface area (Å²) in [5.41, 5.74) is 6.46. The number of benzene rings is 2. The molecule has 21 heavy (non-hydrogen) atoms. The van der Waals surface area contributed by atoms with Crippen LogP contribution < -0.4 is 4.57 Å². The van der Waals surface area contributed by atoms with Gasteiger partial charge in [-0.3, -0.25) is 4.79 Å². The van der Waals surface area contributed by atoms with E-state index in [4.69, 9.17) is 0 Å². The van der Waals surface area contributed by atoms with Crippen molar-refractivity contribution in [2.24, 2.45) is 0 Å². The van der Waals surface area contributed by atoms with Gasteiger partial charge in [-0.05, 0) is 29.3 Å². The third-order valence-electron chi connectivity index (χ3n) is 4.04. The van der Waals surface area contributed by atoms with E-state index in [0.29, 0.717) is 0 Å². The average molecular weight is 272 g/mol. The number of nitrogens with zero attached hydrogens (tertiary/aromatic N) is 1. The molecule has 0 amide bonds. The van der Waals surface area contributed by atoms with Gasteiger partial charge < -0.3 is 0 Å². The van der Waals surface area contributed by atoms with E-state index in [1.807, 2.05) is 48.5 Å². The molecule has 0 saturated heterocycles. The van der Waals surface area contributed by atoms with Crippen molar-refractivity contribution >= 4 is 6.29 Å². The molecule has 0 bridgehead atoms. The standard InChI is InChI=1S/C19H14NO/c21-13-16-11-18-15(12-20-9-5-4-8-19(18)20)10-17(16)14-6-2-1-3-7-14/h1-11,13H,12H2/q+1. The number of fused-ring (bicyclic) bond motifs is 3. The minimum atomic E-state index is 0.747. The van der Waals surface area contributed by atoms with E-state index in [-0.39, 0.29) is 0 Å². The molecule has 0 saturated carbocycles. The lowest BCUT2D eigenvalue weighted by atomic mass is 9.94. The van der Waals surface area contributed by atoms with Gasteiger partial charge in [-0.2, -0.15) is 4.57 Å². The summed E-state index contributed by atoms with van der Waals surface area (Å²) in [5, 5.41) is 0. The highest BCUT2D eigenvalue weighted by Gasteiger charge is 2.26. The molecule has 0 aliphatic carbocycles. The first-order chi connectivity index (χ1) is 10.4. The first-order valence-electron chi connectivity index (χ1n) is 7.03. The molecule has 0 unspecified atom stereocenters. The van der Waals surface area contributed by atoms with Gasteiger partial charge in [0.15, 0.2) is 19.0 Å². The molecule has 2 heteroatoms. The van der Waals surface area contributed by atoms with Crippen molar-refractivity contribution in [1.29, 1.82) is 0 Å². The molecule has 1 aromatic heterocycles. The van der Waals surface area contributed by atoms with Crippen LogP contribution in [0.2, 0.25) is 0 Å². The maximum atomic E-state index is 11.5. The van der Waals surface area contributed by atoms with Crippen molar-refractivity contribution in [1.82, 2.24) is 0 Å². The summed E-state index contributed by atoms with van der Waals surface area (Å²) >= 11 is 0. The number of hydrogen-bond donors (Lipinski definition) is 0. The van der Waals surface area contributed by atoms with Crippen molar-refractivity contribution in [2.75, 3.05) is 0 Å². The Labute approximate surface area is 123 Å². The number of hydrogen-bond acceptors (Lipinski definition) is 1. The zero-order valence-electron chi connectivity index (χ0n) is 11.5. The molecule has 1 aliphatic rings. The van der Waals surface area contributed by atoms with Crippen LogP contribution in [0.15, 0.2) is 66.9 Å². The molecule has 0 radical (unpaired) electrons. The Balaban J connectivity index is 1.94. The number of aldehydes is 1. The van der Waals surface area contributed by atoms with E-state index < -0.39 is 0 Å². The van der Waals surface area contributed by atoms with Crippen LogP contribution in [-0.4, -0.2) is 6.29 Å². The zero-order valence-corrected chi connectivity index (χ0v) is 11.5. The van der Waals surface area contributed by atoms with E-state index in [9.17, 15) is 4.79 Å². The van der Waals surface area contributed by atoms with E-state index in [1.54, 1.807) is 0 Å². The van der Waals surface area contributed by atoms with Crippen LogP contribution in [0.5, 0.6) is 0 Å². The normalized spacial score (nSPS) is 11.8. The fourth-order valence-electron chi connectivity index (χ4n) is 3.04. The number of pyridine rings is 1. The van der Waals surface area contributed by atoms with Crippen LogP contribution in [0.25, 0.3) is 22.4 Å². The molecule has 2 heterocycles. The third kappa shape index (κ3) is 1.88. The molecular formula is C19H14NO+. The number of aromatic nitrogens is 1. The quantitative estimate of drug-likeness (QED) is 0.404. The fourth-order valence-corrected chi connectivity index (χ4v) is 3.04. The van der Waals surface area contributed by atoms with Gasteiger partial charge >= 0.3 is 0 Å². The van der Waals surface area contributed by atoms with Crippen LogP contribution in [0.1, 0.15) is 15.9 Å². The third-order valence-corrected chi connectivity index (χ3v) is 4.04. The molecule has 0 spiro atoms. The van der Waals surface area contributed by atoms with Crippen molar-refractivity contribution < 1.29 is 9.36 Å². The lowest BCUT2D eigenvalue weighted by Gasteiger charge is -2.07. The predicted molar refractivity (Wildman–Crippen MR) is 82.0 cm³/mol. The van der Waals surface area contributed by atoms with Crippen LogP contribution in [-0.2, 0) is 6.54 Å². The summed E-state index contributed by atoms with van der Waals surface area (Å²) in [6, 6.07) is 20.4. The predicted octanol–water partition coefficient (Wildman–Crippen LogP) is 3.48. The summed E-state index contributed by atoms with van der Waals surface area (Å²) in [4.78, 5) is 11.5. The fraction of sp³-hybridized carbons (Fsp3) is 0.0526. The Kier molecular flexibility index (Phi) is 2.68. The summed E-state index contributed by atoms with van der Waals surface area (Å²) in [6.07, 6.45) is 3.03. The van der Waals surface area contributed by atoms with Gasteiger partial charge in [0.05, 0.1) is 5.56 Å². The smallest absolute Gasteiger partial charge is 0.213 e. The molecule has 3 aromatic rings. The van der Waals surface area contributed by atoms with Crippen molar-refractivity contribution in [3.63, 3.8) is 0 Å².